The highest BCUT2D eigenvalue weighted by atomic mass is 35.5. The van der Waals surface area contributed by atoms with Crippen LogP contribution in [0.2, 0.25) is 0 Å². The van der Waals surface area contributed by atoms with E-state index in [0.29, 0.717) is 5.41 Å². The van der Waals surface area contributed by atoms with Crippen molar-refractivity contribution in [3.63, 3.8) is 0 Å². The van der Waals surface area contributed by atoms with Crippen LogP contribution >= 0.6 is 12.4 Å². The number of halogens is 1. The summed E-state index contributed by atoms with van der Waals surface area (Å²) in [6, 6.07) is 0.0586. The minimum Gasteiger partial charge on any atom is -0.354 e. The molecule has 0 aromatic rings. The molecule has 2 N–H and O–H groups in total. The summed E-state index contributed by atoms with van der Waals surface area (Å²) in [5, 5.41) is 6.35. The van der Waals surface area contributed by atoms with Gasteiger partial charge in [0.1, 0.15) is 0 Å². The summed E-state index contributed by atoms with van der Waals surface area (Å²) in [4.78, 5) is 11.9. The molecule has 0 aliphatic carbocycles. The number of hydrogen-bond donors (Lipinski definition) is 2. The van der Waals surface area contributed by atoms with Gasteiger partial charge in [0.2, 0.25) is 5.91 Å². The van der Waals surface area contributed by atoms with Crippen molar-refractivity contribution in [1.82, 2.24) is 10.6 Å². The van der Waals surface area contributed by atoms with Crippen LogP contribution in [0, 0.1) is 5.41 Å². The molecule has 1 unspecified atom stereocenters. The summed E-state index contributed by atoms with van der Waals surface area (Å²) in [5.41, 5.74) is 0.300. The quantitative estimate of drug-likeness (QED) is 0.772. The second kappa shape index (κ2) is 7.93. The Bertz CT molecular complexity index is 215. The number of amides is 1. The first-order valence-corrected chi connectivity index (χ1v) is 6.68. The first-order valence-electron chi connectivity index (χ1n) is 6.68. The van der Waals surface area contributed by atoms with E-state index in [1.54, 1.807) is 0 Å². The van der Waals surface area contributed by atoms with E-state index in [1.165, 1.54) is 0 Å². The zero-order valence-electron chi connectivity index (χ0n) is 11.3. The third kappa shape index (κ3) is 4.47. The maximum absolute atomic E-state index is 11.9. The summed E-state index contributed by atoms with van der Waals surface area (Å²) in [6.07, 6.45) is 5.52. The molecule has 4 heteroatoms. The van der Waals surface area contributed by atoms with Crippen molar-refractivity contribution >= 4 is 18.3 Å². The molecule has 0 radical (unpaired) electrons. The molecule has 1 atom stereocenters. The molecule has 0 bridgehead atoms. The van der Waals surface area contributed by atoms with Crippen molar-refractivity contribution in [2.45, 2.75) is 58.9 Å². The molecular weight excluding hydrogens is 236 g/mol. The van der Waals surface area contributed by atoms with Gasteiger partial charge in [-0.15, -0.1) is 12.4 Å². The normalized spacial score (nSPS) is 19.8. The molecule has 0 aromatic heterocycles. The van der Waals surface area contributed by atoms with Crippen LogP contribution < -0.4 is 10.6 Å². The minimum absolute atomic E-state index is 0. The van der Waals surface area contributed by atoms with Gasteiger partial charge in [-0.1, -0.05) is 20.8 Å². The zero-order valence-corrected chi connectivity index (χ0v) is 12.2. The average Bonchev–Trinajstić information content (AvgIpc) is 2.85. The van der Waals surface area contributed by atoms with Crippen molar-refractivity contribution in [3.05, 3.63) is 0 Å². The Morgan fingerprint density at radius 2 is 1.88 bits per heavy atom. The molecule has 0 spiro atoms. The maximum atomic E-state index is 11.9. The Morgan fingerprint density at radius 3 is 2.29 bits per heavy atom. The van der Waals surface area contributed by atoms with E-state index >= 15 is 0 Å². The van der Waals surface area contributed by atoms with Crippen LogP contribution in [0.15, 0.2) is 0 Å². The van der Waals surface area contributed by atoms with Crippen molar-refractivity contribution in [2.75, 3.05) is 13.1 Å². The monoisotopic (exact) mass is 262 g/mol. The molecule has 0 aromatic carbocycles. The second-order valence-corrected chi connectivity index (χ2v) is 4.93. The first kappa shape index (κ1) is 16.7. The molecular formula is C13H27ClN2O. The fraction of sp³-hybridized carbons (Fsp3) is 0.923. The van der Waals surface area contributed by atoms with E-state index in [9.17, 15) is 4.79 Å². The highest BCUT2D eigenvalue weighted by Gasteiger charge is 2.27. The second-order valence-electron chi connectivity index (χ2n) is 4.93. The Kier molecular flexibility index (Phi) is 7.80. The molecule has 102 valence electrons. The smallest absolute Gasteiger partial charge is 0.237 e. The third-order valence-electron chi connectivity index (χ3n) is 4.26. The van der Waals surface area contributed by atoms with Gasteiger partial charge < -0.3 is 10.6 Å². The Labute approximate surface area is 112 Å². The van der Waals surface area contributed by atoms with Crippen LogP contribution in [0.4, 0.5) is 0 Å². The third-order valence-corrected chi connectivity index (χ3v) is 4.26. The molecule has 1 amide bonds. The first-order chi connectivity index (χ1) is 7.67. The molecule has 1 aliphatic heterocycles. The van der Waals surface area contributed by atoms with Crippen molar-refractivity contribution in [1.29, 1.82) is 0 Å². The van der Waals surface area contributed by atoms with Crippen LogP contribution in [0.25, 0.3) is 0 Å². The van der Waals surface area contributed by atoms with Crippen molar-refractivity contribution in [3.8, 4) is 0 Å². The highest BCUT2D eigenvalue weighted by Crippen LogP contribution is 2.29. The van der Waals surface area contributed by atoms with Gasteiger partial charge in [0.15, 0.2) is 0 Å². The lowest BCUT2D eigenvalue weighted by molar-refractivity contribution is -0.123. The molecule has 17 heavy (non-hydrogen) atoms. The summed E-state index contributed by atoms with van der Waals surface area (Å²) < 4.78 is 0. The molecule has 1 aliphatic rings. The predicted molar refractivity (Wildman–Crippen MR) is 74.6 cm³/mol. The van der Waals surface area contributed by atoms with Gasteiger partial charge in [0.25, 0.3) is 0 Å². The highest BCUT2D eigenvalue weighted by molar-refractivity contribution is 5.85. The molecule has 1 heterocycles. The van der Waals surface area contributed by atoms with Crippen molar-refractivity contribution < 1.29 is 4.79 Å². The largest absolute Gasteiger partial charge is 0.354 e. The van der Waals surface area contributed by atoms with Crippen LogP contribution in [-0.2, 0) is 4.79 Å². The topological polar surface area (TPSA) is 41.1 Å². The van der Waals surface area contributed by atoms with Gasteiger partial charge in [-0.3, -0.25) is 4.79 Å². The zero-order chi connectivity index (χ0) is 12.0. The van der Waals surface area contributed by atoms with E-state index in [-0.39, 0.29) is 24.4 Å². The lowest BCUT2D eigenvalue weighted by atomic mass is 9.80. The lowest BCUT2D eigenvalue weighted by Crippen LogP contribution is -2.44. The number of hydrogen-bond acceptors (Lipinski definition) is 2. The molecule has 0 saturated carbocycles. The van der Waals surface area contributed by atoms with E-state index < -0.39 is 0 Å². The van der Waals surface area contributed by atoms with Crippen LogP contribution in [0.5, 0.6) is 0 Å². The van der Waals surface area contributed by atoms with Crippen LogP contribution in [0.3, 0.4) is 0 Å². The van der Waals surface area contributed by atoms with Gasteiger partial charge in [-0.2, -0.15) is 0 Å². The molecule has 3 nitrogen and oxygen atoms in total. The van der Waals surface area contributed by atoms with E-state index in [0.717, 1.165) is 45.2 Å². The number of nitrogens with one attached hydrogen (secondary N) is 2. The Balaban J connectivity index is 0.00000256. The van der Waals surface area contributed by atoms with Crippen molar-refractivity contribution in [2.24, 2.45) is 5.41 Å². The van der Waals surface area contributed by atoms with Gasteiger partial charge in [0, 0.05) is 6.54 Å². The number of carbonyl (C=O) groups is 1. The summed E-state index contributed by atoms with van der Waals surface area (Å²) in [6.45, 7) is 8.46. The van der Waals surface area contributed by atoms with Crippen LogP contribution in [0.1, 0.15) is 52.9 Å². The minimum atomic E-state index is 0. The Hall–Kier alpha value is -0.280. The summed E-state index contributed by atoms with van der Waals surface area (Å²) in [5.74, 6) is 0.192. The lowest BCUT2D eigenvalue weighted by Gasteiger charge is -2.31. The standard InChI is InChI=1S/C13H26N2O.ClH/c1-4-13(5-2,6-3)10-15-12(16)11-8-7-9-14-11;/h11,14H,4-10H2,1-3H3,(H,15,16);1H. The summed E-state index contributed by atoms with van der Waals surface area (Å²) in [7, 11) is 0. The molecule has 1 saturated heterocycles. The maximum Gasteiger partial charge on any atom is 0.237 e. The van der Waals surface area contributed by atoms with Gasteiger partial charge in [-0.25, -0.2) is 0 Å². The van der Waals surface area contributed by atoms with Gasteiger partial charge >= 0.3 is 0 Å². The van der Waals surface area contributed by atoms with Gasteiger partial charge in [0.05, 0.1) is 6.04 Å². The predicted octanol–water partition coefficient (Wildman–Crippen LogP) is 2.49. The van der Waals surface area contributed by atoms with E-state index in [1.807, 2.05) is 0 Å². The Morgan fingerprint density at radius 1 is 1.29 bits per heavy atom. The molecule has 1 fully saturated rings. The fourth-order valence-corrected chi connectivity index (χ4v) is 2.43. The van der Waals surface area contributed by atoms with E-state index in [2.05, 4.69) is 31.4 Å². The van der Waals surface area contributed by atoms with E-state index in [4.69, 9.17) is 0 Å². The van der Waals surface area contributed by atoms with Gasteiger partial charge in [-0.05, 0) is 44.1 Å². The molecule has 1 rings (SSSR count). The SMILES string of the molecule is CCC(CC)(CC)CNC(=O)C1CCCN1.Cl. The fourth-order valence-electron chi connectivity index (χ4n) is 2.43. The average molecular weight is 263 g/mol. The number of rotatable bonds is 6. The number of carbonyl (C=O) groups excluding carboxylic acids is 1. The van der Waals surface area contributed by atoms with Crippen LogP contribution in [-0.4, -0.2) is 25.0 Å². The summed E-state index contributed by atoms with van der Waals surface area (Å²) >= 11 is 0.